The van der Waals surface area contributed by atoms with Crippen molar-refractivity contribution in [1.82, 2.24) is 0 Å². The molecule has 58 heavy (non-hydrogen) atoms. The van der Waals surface area contributed by atoms with Crippen LogP contribution in [0.1, 0.15) is 36.1 Å². The molecule has 0 N–H and O–H groups in total. The van der Waals surface area contributed by atoms with E-state index in [1.807, 2.05) is 0 Å². The first-order chi connectivity index (χ1) is 28.5. The number of benzene rings is 9. The zero-order valence-corrected chi connectivity index (χ0v) is 33.8. The van der Waals surface area contributed by atoms with E-state index in [0.29, 0.717) is 0 Å². The second-order valence-electron chi connectivity index (χ2n) is 15.3. The molecule has 0 aliphatic carbocycles. The van der Waals surface area contributed by atoms with Crippen LogP contribution in [0.5, 0.6) is 0 Å². The van der Waals surface area contributed by atoms with Crippen molar-refractivity contribution < 1.29 is 0 Å². The molecule has 0 heterocycles. The van der Waals surface area contributed by atoms with Crippen molar-refractivity contribution in [3.8, 4) is 22.3 Å². The summed E-state index contributed by atoms with van der Waals surface area (Å²) in [6.07, 6.45) is 2.01. The first-order valence-corrected chi connectivity index (χ1v) is 20.5. The molecule has 0 spiro atoms. The van der Waals surface area contributed by atoms with Gasteiger partial charge in [0.2, 0.25) is 0 Å². The van der Waals surface area contributed by atoms with Crippen LogP contribution in [0.2, 0.25) is 0 Å². The Kier molecular flexibility index (Phi) is 10.1. The molecule has 9 rings (SSSR count). The molecule has 0 unspecified atom stereocenters. The van der Waals surface area contributed by atoms with Crippen molar-refractivity contribution in [2.45, 2.75) is 40.5 Å². The highest BCUT2D eigenvalue weighted by molar-refractivity contribution is 6.22. The largest absolute Gasteiger partial charge is 0.310 e. The Morgan fingerprint density at radius 3 is 0.948 bits per heavy atom. The van der Waals surface area contributed by atoms with Gasteiger partial charge in [-0.05, 0) is 154 Å². The molecule has 0 bridgehead atoms. The van der Waals surface area contributed by atoms with Crippen molar-refractivity contribution in [3.63, 3.8) is 0 Å². The molecular weight excluding hydrogens is 701 g/mol. The van der Waals surface area contributed by atoms with Gasteiger partial charge in [0.15, 0.2) is 0 Å². The predicted molar refractivity (Wildman–Crippen MR) is 250 cm³/mol. The molecule has 0 atom stereocenters. The third kappa shape index (κ3) is 7.03. The lowest BCUT2D eigenvalue weighted by Gasteiger charge is -2.28. The van der Waals surface area contributed by atoms with Gasteiger partial charge in [-0.15, -0.1) is 0 Å². The van der Waals surface area contributed by atoms with E-state index in [1.54, 1.807) is 0 Å². The molecule has 282 valence electrons. The average molecular weight is 749 g/mol. The highest BCUT2D eigenvalue weighted by Crippen LogP contribution is 2.48. The van der Waals surface area contributed by atoms with E-state index in [9.17, 15) is 0 Å². The van der Waals surface area contributed by atoms with Gasteiger partial charge in [-0.1, -0.05) is 146 Å². The second-order valence-corrected chi connectivity index (χ2v) is 15.3. The SMILES string of the molecule is CCc1ccc(N(c2ccc(C)cc2)c2ccc3c(-c4ccccc4)c4cc(N(c5ccc(C)cc5)c5ccc(CC)cc5)ccc4c(-c4ccccc4)c3c2)cc1. The van der Waals surface area contributed by atoms with Crippen LogP contribution in [-0.4, -0.2) is 0 Å². The van der Waals surface area contributed by atoms with Crippen LogP contribution in [-0.2, 0) is 12.8 Å². The van der Waals surface area contributed by atoms with Gasteiger partial charge >= 0.3 is 0 Å². The maximum atomic E-state index is 2.42. The van der Waals surface area contributed by atoms with Crippen LogP contribution in [0, 0.1) is 13.8 Å². The van der Waals surface area contributed by atoms with Crippen molar-refractivity contribution >= 4 is 55.7 Å². The number of anilines is 6. The summed E-state index contributed by atoms with van der Waals surface area (Å²) in [5, 5.41) is 4.88. The third-order valence-electron chi connectivity index (χ3n) is 11.5. The zero-order chi connectivity index (χ0) is 39.6. The lowest BCUT2D eigenvalue weighted by Crippen LogP contribution is -2.10. The number of hydrogen-bond acceptors (Lipinski definition) is 2. The molecule has 0 amide bonds. The van der Waals surface area contributed by atoms with E-state index in [0.717, 1.165) is 47.0 Å². The van der Waals surface area contributed by atoms with Gasteiger partial charge in [0.25, 0.3) is 0 Å². The Morgan fingerprint density at radius 2 is 0.621 bits per heavy atom. The lowest BCUT2D eigenvalue weighted by atomic mass is 9.85. The summed E-state index contributed by atoms with van der Waals surface area (Å²) < 4.78 is 0. The van der Waals surface area contributed by atoms with Gasteiger partial charge in [0.1, 0.15) is 0 Å². The number of hydrogen-bond donors (Lipinski definition) is 0. The third-order valence-corrected chi connectivity index (χ3v) is 11.5. The molecule has 0 radical (unpaired) electrons. The lowest BCUT2D eigenvalue weighted by molar-refractivity contribution is 1.14. The van der Waals surface area contributed by atoms with Gasteiger partial charge in [-0.3, -0.25) is 0 Å². The fourth-order valence-electron chi connectivity index (χ4n) is 8.36. The average Bonchev–Trinajstić information content (AvgIpc) is 3.28. The molecule has 2 heteroatoms. The normalized spacial score (nSPS) is 11.2. The quantitative estimate of drug-likeness (QED) is 0.129. The first kappa shape index (κ1) is 36.7. The van der Waals surface area contributed by atoms with E-state index in [1.165, 1.54) is 66.1 Å². The van der Waals surface area contributed by atoms with Crippen LogP contribution in [0.4, 0.5) is 34.1 Å². The molecule has 0 saturated carbocycles. The number of rotatable bonds is 10. The predicted octanol–water partition coefficient (Wildman–Crippen LogP) is 16.0. The van der Waals surface area contributed by atoms with Gasteiger partial charge < -0.3 is 9.80 Å². The van der Waals surface area contributed by atoms with Crippen molar-refractivity contribution in [2.75, 3.05) is 9.80 Å². The first-order valence-electron chi connectivity index (χ1n) is 20.5. The molecule has 9 aromatic rings. The van der Waals surface area contributed by atoms with E-state index in [2.05, 4.69) is 232 Å². The molecule has 9 aromatic carbocycles. The number of aryl methyl sites for hydroxylation is 4. The smallest absolute Gasteiger partial charge is 0.0468 e. The van der Waals surface area contributed by atoms with Crippen molar-refractivity contribution in [1.29, 1.82) is 0 Å². The van der Waals surface area contributed by atoms with Crippen molar-refractivity contribution in [2.24, 2.45) is 0 Å². The molecule has 0 aliphatic rings. The highest BCUT2D eigenvalue weighted by atomic mass is 15.1. The van der Waals surface area contributed by atoms with Crippen LogP contribution in [0.25, 0.3) is 43.8 Å². The summed E-state index contributed by atoms with van der Waals surface area (Å²) in [4.78, 5) is 4.79. The Bertz CT molecular complexity index is 2620. The van der Waals surface area contributed by atoms with Gasteiger partial charge in [-0.25, -0.2) is 0 Å². The fraction of sp³-hybridized carbons (Fsp3) is 0.107. The Hall–Kier alpha value is -6.90. The van der Waals surface area contributed by atoms with Gasteiger partial charge in [-0.2, -0.15) is 0 Å². The number of fused-ring (bicyclic) bond motifs is 2. The maximum absolute atomic E-state index is 2.42. The topological polar surface area (TPSA) is 6.48 Å². The van der Waals surface area contributed by atoms with Crippen LogP contribution < -0.4 is 9.80 Å². The fourth-order valence-corrected chi connectivity index (χ4v) is 8.36. The standard InChI is InChI=1S/C56H48N2/c1-5-41-21-29-47(30-22-41)57(45-25-17-39(3)18-26-45)49-33-35-51-53(37-49)55(43-13-9-7-10-14-43)52-36-34-50(38-54(52)56(51)44-15-11-8-12-16-44)58(46-27-19-40(4)20-28-46)48-31-23-42(6-2)24-32-48/h7-38H,5-6H2,1-4H3. The Labute approximate surface area is 343 Å². The molecule has 2 nitrogen and oxygen atoms in total. The minimum Gasteiger partial charge on any atom is -0.310 e. The van der Waals surface area contributed by atoms with E-state index < -0.39 is 0 Å². The zero-order valence-electron chi connectivity index (χ0n) is 33.8. The van der Waals surface area contributed by atoms with E-state index in [4.69, 9.17) is 0 Å². The minimum absolute atomic E-state index is 1.01. The summed E-state index contributed by atoms with van der Waals surface area (Å²) in [6, 6.07) is 71.8. The molecule has 0 saturated heterocycles. The number of nitrogens with zero attached hydrogens (tertiary/aromatic N) is 2. The van der Waals surface area contributed by atoms with Crippen LogP contribution in [0.15, 0.2) is 194 Å². The minimum atomic E-state index is 1.01. The van der Waals surface area contributed by atoms with Gasteiger partial charge in [0.05, 0.1) is 0 Å². The summed E-state index contributed by atoms with van der Waals surface area (Å²) in [6.45, 7) is 8.72. The molecule has 0 aliphatic heterocycles. The molecule has 0 aromatic heterocycles. The molecule has 0 fully saturated rings. The maximum Gasteiger partial charge on any atom is 0.0468 e. The van der Waals surface area contributed by atoms with E-state index >= 15 is 0 Å². The summed E-state index contributed by atoms with van der Waals surface area (Å²) in [7, 11) is 0. The van der Waals surface area contributed by atoms with Crippen molar-refractivity contribution in [3.05, 3.63) is 216 Å². The monoisotopic (exact) mass is 748 g/mol. The molecular formula is C56H48N2. The van der Waals surface area contributed by atoms with E-state index in [-0.39, 0.29) is 0 Å². The summed E-state index contributed by atoms with van der Waals surface area (Å²) in [5.74, 6) is 0. The Morgan fingerprint density at radius 1 is 0.310 bits per heavy atom. The second kappa shape index (κ2) is 15.9. The highest BCUT2D eigenvalue weighted by Gasteiger charge is 2.22. The summed E-state index contributed by atoms with van der Waals surface area (Å²) in [5.41, 5.74) is 16.8. The Balaban J connectivity index is 1.34. The van der Waals surface area contributed by atoms with Crippen LogP contribution in [0.3, 0.4) is 0 Å². The van der Waals surface area contributed by atoms with Crippen LogP contribution >= 0.6 is 0 Å². The summed E-state index contributed by atoms with van der Waals surface area (Å²) >= 11 is 0. The van der Waals surface area contributed by atoms with Gasteiger partial charge in [0, 0.05) is 34.1 Å².